The molecule has 1 atom stereocenters. The van der Waals surface area contributed by atoms with Gasteiger partial charge in [-0.2, -0.15) is 12.6 Å². The van der Waals surface area contributed by atoms with E-state index in [1.165, 1.54) is 37.7 Å². The van der Waals surface area contributed by atoms with Crippen LogP contribution in [0.3, 0.4) is 0 Å². The third-order valence-electron chi connectivity index (χ3n) is 2.35. The molecule has 1 rings (SSSR count). The van der Waals surface area contributed by atoms with Crippen molar-refractivity contribution in [2.45, 2.75) is 32.1 Å². The van der Waals surface area contributed by atoms with Gasteiger partial charge in [0, 0.05) is 0 Å². The first kappa shape index (κ1) is 8.19. The highest BCUT2D eigenvalue weighted by Gasteiger charge is 2.13. The van der Waals surface area contributed by atoms with Gasteiger partial charge in [-0.1, -0.05) is 25.0 Å². The van der Waals surface area contributed by atoms with Crippen molar-refractivity contribution in [1.29, 1.82) is 0 Å². The van der Waals surface area contributed by atoms with Gasteiger partial charge in [-0.25, -0.2) is 0 Å². The Morgan fingerprint density at radius 1 is 1.40 bits per heavy atom. The summed E-state index contributed by atoms with van der Waals surface area (Å²) in [6.07, 6.45) is 6.68. The van der Waals surface area contributed by atoms with Crippen molar-refractivity contribution in [2.75, 3.05) is 5.75 Å². The molecule has 1 fully saturated rings. The number of rotatable bonds is 1. The molecular weight excluding hydrogens is 140 g/mol. The summed E-state index contributed by atoms with van der Waals surface area (Å²) >= 11 is 4.31. The van der Waals surface area contributed by atoms with E-state index in [0.717, 1.165) is 5.75 Å². The van der Waals surface area contributed by atoms with E-state index in [2.05, 4.69) is 19.2 Å². The lowest BCUT2D eigenvalue weighted by Crippen LogP contribution is -2.02. The van der Waals surface area contributed by atoms with Crippen LogP contribution in [0.2, 0.25) is 0 Å². The predicted octanol–water partition coefficient (Wildman–Crippen LogP) is 3.05. The first-order chi connectivity index (χ1) is 4.84. The van der Waals surface area contributed by atoms with Crippen LogP contribution < -0.4 is 0 Å². The van der Waals surface area contributed by atoms with Crippen molar-refractivity contribution >= 4 is 12.6 Å². The monoisotopic (exact) mass is 156 g/mol. The molecule has 0 bridgehead atoms. The molecule has 1 aliphatic carbocycles. The van der Waals surface area contributed by atoms with E-state index in [1.54, 1.807) is 0 Å². The Balaban J connectivity index is 2.43. The van der Waals surface area contributed by atoms with Crippen molar-refractivity contribution < 1.29 is 0 Å². The molecule has 0 radical (unpaired) electrons. The third kappa shape index (κ3) is 2.05. The van der Waals surface area contributed by atoms with E-state index in [4.69, 9.17) is 0 Å². The van der Waals surface area contributed by atoms with E-state index in [9.17, 15) is 0 Å². The zero-order chi connectivity index (χ0) is 7.40. The van der Waals surface area contributed by atoms with Crippen LogP contribution in [0.1, 0.15) is 32.1 Å². The highest BCUT2D eigenvalue weighted by molar-refractivity contribution is 7.80. The average Bonchev–Trinajstić information content (AvgIpc) is 2.13. The van der Waals surface area contributed by atoms with Gasteiger partial charge in [0.15, 0.2) is 0 Å². The van der Waals surface area contributed by atoms with E-state index in [1.807, 2.05) is 0 Å². The molecule has 0 aromatic heterocycles. The van der Waals surface area contributed by atoms with Gasteiger partial charge in [0.1, 0.15) is 0 Å². The summed E-state index contributed by atoms with van der Waals surface area (Å²) in [6, 6.07) is 0. The number of thiol groups is 1. The molecule has 0 aliphatic heterocycles. The smallest absolute Gasteiger partial charge is 0.00322 e. The zero-order valence-corrected chi connectivity index (χ0v) is 7.37. The minimum atomic E-state index is 0.714. The van der Waals surface area contributed by atoms with Crippen LogP contribution in [0.4, 0.5) is 0 Å². The van der Waals surface area contributed by atoms with Gasteiger partial charge in [-0.05, 0) is 30.9 Å². The summed E-state index contributed by atoms with van der Waals surface area (Å²) in [7, 11) is 0. The Kier molecular flexibility index (Phi) is 3.33. The fourth-order valence-corrected chi connectivity index (χ4v) is 1.99. The first-order valence-electron chi connectivity index (χ1n) is 4.13. The predicted molar refractivity (Wildman–Crippen MR) is 49.6 cm³/mol. The van der Waals surface area contributed by atoms with E-state index >= 15 is 0 Å². The summed E-state index contributed by atoms with van der Waals surface area (Å²) in [6.45, 7) is 4.08. The van der Waals surface area contributed by atoms with Crippen LogP contribution in [0.5, 0.6) is 0 Å². The molecule has 1 aliphatic rings. The molecule has 0 N–H and O–H groups in total. The van der Waals surface area contributed by atoms with Crippen molar-refractivity contribution in [3.63, 3.8) is 0 Å². The van der Waals surface area contributed by atoms with Crippen molar-refractivity contribution in [1.82, 2.24) is 0 Å². The van der Waals surface area contributed by atoms with Gasteiger partial charge in [0.25, 0.3) is 0 Å². The third-order valence-corrected chi connectivity index (χ3v) is 2.79. The molecule has 0 amide bonds. The SMILES string of the molecule is C=C1CCCCCC1CS. The van der Waals surface area contributed by atoms with Crippen molar-refractivity contribution in [3.05, 3.63) is 12.2 Å². The quantitative estimate of drug-likeness (QED) is 0.337. The maximum Gasteiger partial charge on any atom is -0.00322 e. The Bertz CT molecular complexity index is 118. The van der Waals surface area contributed by atoms with Crippen molar-refractivity contribution in [3.8, 4) is 0 Å². The van der Waals surface area contributed by atoms with Gasteiger partial charge >= 0.3 is 0 Å². The highest BCUT2D eigenvalue weighted by Crippen LogP contribution is 2.27. The molecule has 58 valence electrons. The lowest BCUT2D eigenvalue weighted by atomic mass is 9.98. The maximum absolute atomic E-state index is 4.31. The van der Waals surface area contributed by atoms with Gasteiger partial charge in [0.2, 0.25) is 0 Å². The molecule has 0 nitrogen and oxygen atoms in total. The summed E-state index contributed by atoms with van der Waals surface area (Å²) in [5, 5.41) is 0. The number of hydrogen-bond donors (Lipinski definition) is 1. The normalized spacial score (nSPS) is 28.1. The molecule has 1 heteroatoms. The van der Waals surface area contributed by atoms with E-state index < -0.39 is 0 Å². The molecule has 10 heavy (non-hydrogen) atoms. The molecule has 0 aromatic carbocycles. The summed E-state index contributed by atoms with van der Waals surface area (Å²) < 4.78 is 0. The van der Waals surface area contributed by atoms with Crippen LogP contribution in [0.15, 0.2) is 12.2 Å². The summed E-state index contributed by atoms with van der Waals surface area (Å²) in [5.41, 5.74) is 1.44. The van der Waals surface area contributed by atoms with Crippen LogP contribution in [0.25, 0.3) is 0 Å². The Morgan fingerprint density at radius 2 is 2.20 bits per heavy atom. The maximum atomic E-state index is 4.31. The standard InChI is InChI=1S/C9H16S/c1-8-5-3-2-4-6-9(8)7-10/h9-10H,1-7H2. The lowest BCUT2D eigenvalue weighted by molar-refractivity contribution is 0.606. The fraction of sp³-hybridized carbons (Fsp3) is 0.778. The number of hydrogen-bond acceptors (Lipinski definition) is 1. The van der Waals surface area contributed by atoms with Gasteiger partial charge in [0.05, 0.1) is 0 Å². The topological polar surface area (TPSA) is 0 Å². The highest BCUT2D eigenvalue weighted by atomic mass is 32.1. The summed E-state index contributed by atoms with van der Waals surface area (Å²) in [4.78, 5) is 0. The molecule has 0 heterocycles. The first-order valence-corrected chi connectivity index (χ1v) is 4.76. The van der Waals surface area contributed by atoms with Crippen LogP contribution in [-0.4, -0.2) is 5.75 Å². The number of allylic oxidation sites excluding steroid dienone is 1. The Hall–Kier alpha value is 0.0900. The van der Waals surface area contributed by atoms with E-state index in [0.29, 0.717) is 5.92 Å². The Labute approximate surface area is 69.1 Å². The largest absolute Gasteiger partial charge is 0.179 e. The van der Waals surface area contributed by atoms with Gasteiger partial charge in [-0.15, -0.1) is 0 Å². The Morgan fingerprint density at radius 3 is 2.90 bits per heavy atom. The zero-order valence-electron chi connectivity index (χ0n) is 6.47. The van der Waals surface area contributed by atoms with Gasteiger partial charge in [-0.3, -0.25) is 0 Å². The lowest BCUT2D eigenvalue weighted by Gasteiger charge is -2.12. The van der Waals surface area contributed by atoms with Crippen LogP contribution >= 0.6 is 12.6 Å². The van der Waals surface area contributed by atoms with Crippen LogP contribution in [-0.2, 0) is 0 Å². The second-order valence-corrected chi connectivity index (χ2v) is 3.50. The minimum absolute atomic E-state index is 0.714. The van der Waals surface area contributed by atoms with Crippen LogP contribution in [0, 0.1) is 5.92 Å². The molecule has 0 aromatic rings. The molecule has 0 spiro atoms. The average molecular weight is 156 g/mol. The molecule has 1 saturated carbocycles. The minimum Gasteiger partial charge on any atom is -0.179 e. The second-order valence-electron chi connectivity index (χ2n) is 3.14. The van der Waals surface area contributed by atoms with Gasteiger partial charge < -0.3 is 0 Å². The fourth-order valence-electron chi connectivity index (χ4n) is 1.55. The molecule has 0 saturated heterocycles. The van der Waals surface area contributed by atoms with Crippen molar-refractivity contribution in [2.24, 2.45) is 5.92 Å². The second kappa shape index (κ2) is 4.07. The van der Waals surface area contributed by atoms with E-state index in [-0.39, 0.29) is 0 Å². The summed E-state index contributed by atoms with van der Waals surface area (Å²) in [5.74, 6) is 1.71. The molecular formula is C9H16S. The molecule has 1 unspecified atom stereocenters.